The third-order valence-electron chi connectivity index (χ3n) is 5.13. The molecule has 0 aliphatic rings. The number of hydrogen-bond donors (Lipinski definition) is 2. The zero-order chi connectivity index (χ0) is 26.3. The van der Waals surface area contributed by atoms with E-state index in [1.165, 1.54) is 16.3 Å². The van der Waals surface area contributed by atoms with Gasteiger partial charge in [-0.1, -0.05) is 54.1 Å². The molecule has 1 amide bonds. The van der Waals surface area contributed by atoms with Crippen molar-refractivity contribution in [3.63, 3.8) is 0 Å². The first-order chi connectivity index (χ1) is 17.3. The first-order valence-corrected chi connectivity index (χ1v) is 12.1. The Morgan fingerprint density at radius 2 is 1.67 bits per heavy atom. The molecule has 3 rings (SSSR count). The summed E-state index contributed by atoms with van der Waals surface area (Å²) in [6.07, 6.45) is 1.52. The van der Waals surface area contributed by atoms with Gasteiger partial charge in [0.05, 0.1) is 31.7 Å². The topological polar surface area (TPSA) is 116 Å². The summed E-state index contributed by atoms with van der Waals surface area (Å²) in [5.41, 5.74) is 10.0. The Bertz CT molecular complexity index is 1190. The number of carbonyl (C=O) groups excluding carboxylic acids is 2. The van der Waals surface area contributed by atoms with Gasteiger partial charge in [0.25, 0.3) is 5.56 Å². The van der Waals surface area contributed by atoms with Gasteiger partial charge in [-0.15, -0.1) is 0 Å². The summed E-state index contributed by atoms with van der Waals surface area (Å²) in [4.78, 5) is 34.7. The van der Waals surface area contributed by atoms with Gasteiger partial charge in [-0.3, -0.25) is 14.4 Å². The summed E-state index contributed by atoms with van der Waals surface area (Å²) >= 11 is 0. The van der Waals surface area contributed by atoms with Crippen molar-refractivity contribution in [2.24, 2.45) is 5.73 Å². The highest BCUT2D eigenvalue weighted by atomic mass is 16.5. The molecule has 0 fully saturated rings. The lowest BCUT2D eigenvalue weighted by Crippen LogP contribution is -2.27. The van der Waals surface area contributed by atoms with Crippen molar-refractivity contribution < 1.29 is 14.3 Å². The predicted octanol–water partition coefficient (Wildman–Crippen LogP) is 2.71. The Morgan fingerprint density at radius 1 is 0.972 bits per heavy atom. The molecular weight excluding hydrogens is 456 g/mol. The molecule has 0 atom stereocenters. The van der Waals surface area contributed by atoms with E-state index >= 15 is 0 Å². The van der Waals surface area contributed by atoms with Crippen molar-refractivity contribution in [2.45, 2.75) is 46.6 Å². The van der Waals surface area contributed by atoms with E-state index in [4.69, 9.17) is 10.5 Å². The lowest BCUT2D eigenvalue weighted by atomic mass is 10.1. The number of aryl methyl sites for hydroxylation is 2. The Kier molecular flexibility index (Phi) is 12.1. The monoisotopic (exact) mass is 492 g/mol. The van der Waals surface area contributed by atoms with E-state index in [0.717, 1.165) is 28.8 Å². The maximum atomic E-state index is 11.7. The minimum Gasteiger partial charge on any atom is -0.466 e. The summed E-state index contributed by atoms with van der Waals surface area (Å²) in [5.74, 6) is -0.186. The van der Waals surface area contributed by atoms with Crippen molar-refractivity contribution in [2.75, 3.05) is 19.7 Å². The summed E-state index contributed by atoms with van der Waals surface area (Å²) in [5, 5.41) is 7.03. The number of esters is 1. The van der Waals surface area contributed by atoms with E-state index < -0.39 is 0 Å². The Labute approximate surface area is 212 Å². The molecule has 1 aromatic heterocycles. The zero-order valence-corrected chi connectivity index (χ0v) is 21.3. The van der Waals surface area contributed by atoms with Gasteiger partial charge in [0, 0.05) is 12.6 Å². The van der Waals surface area contributed by atoms with Gasteiger partial charge in [-0.2, -0.15) is 5.10 Å². The average Bonchev–Trinajstić information content (AvgIpc) is 2.82. The predicted molar refractivity (Wildman–Crippen MR) is 141 cm³/mol. The van der Waals surface area contributed by atoms with E-state index in [1.807, 2.05) is 62.4 Å². The first-order valence-electron chi connectivity index (χ1n) is 12.1. The molecule has 0 saturated heterocycles. The van der Waals surface area contributed by atoms with Crippen molar-refractivity contribution in [3.05, 3.63) is 99.0 Å². The minimum atomic E-state index is -0.250. The number of rotatable bonds is 10. The van der Waals surface area contributed by atoms with Gasteiger partial charge in [0.2, 0.25) is 5.91 Å². The lowest BCUT2D eigenvalue weighted by molar-refractivity contribution is -0.142. The SMILES string of the molecule is CCOC(=O)Cc1cccc(Cn2nc(C)ccc2=O)c1.Cc1cccc(CC(=O)NCCCN)c1. The highest BCUT2D eigenvalue weighted by molar-refractivity contribution is 5.78. The Hall–Kier alpha value is -3.78. The van der Waals surface area contributed by atoms with Crippen LogP contribution in [0.4, 0.5) is 0 Å². The maximum Gasteiger partial charge on any atom is 0.310 e. The number of benzene rings is 2. The third kappa shape index (κ3) is 10.7. The molecule has 0 unspecified atom stereocenters. The summed E-state index contributed by atoms with van der Waals surface area (Å²) in [7, 11) is 0. The maximum absolute atomic E-state index is 11.7. The number of aromatic nitrogens is 2. The largest absolute Gasteiger partial charge is 0.466 e. The van der Waals surface area contributed by atoms with Crippen LogP contribution in [0.1, 0.15) is 41.3 Å². The van der Waals surface area contributed by atoms with E-state index in [9.17, 15) is 14.4 Å². The van der Waals surface area contributed by atoms with Gasteiger partial charge in [0.1, 0.15) is 0 Å². The second-order valence-electron chi connectivity index (χ2n) is 8.43. The van der Waals surface area contributed by atoms with Gasteiger partial charge in [-0.05, 0) is 56.5 Å². The van der Waals surface area contributed by atoms with Crippen LogP contribution in [0.25, 0.3) is 0 Å². The van der Waals surface area contributed by atoms with E-state index in [0.29, 0.717) is 32.7 Å². The van der Waals surface area contributed by atoms with Crippen LogP contribution < -0.4 is 16.6 Å². The van der Waals surface area contributed by atoms with Gasteiger partial charge < -0.3 is 15.8 Å². The first kappa shape index (κ1) is 28.5. The van der Waals surface area contributed by atoms with Crippen LogP contribution in [0.2, 0.25) is 0 Å². The van der Waals surface area contributed by atoms with E-state index in [-0.39, 0.29) is 23.9 Å². The van der Waals surface area contributed by atoms with Gasteiger partial charge in [0.15, 0.2) is 0 Å². The molecule has 3 N–H and O–H groups in total. The molecule has 0 spiro atoms. The van der Waals surface area contributed by atoms with Crippen LogP contribution in [-0.4, -0.2) is 41.4 Å². The molecule has 36 heavy (non-hydrogen) atoms. The van der Waals surface area contributed by atoms with E-state index in [1.54, 1.807) is 13.0 Å². The highest BCUT2D eigenvalue weighted by Gasteiger charge is 2.06. The Balaban J connectivity index is 0.000000269. The molecule has 0 aliphatic heterocycles. The van der Waals surface area contributed by atoms with Crippen LogP contribution in [0.15, 0.2) is 65.5 Å². The number of hydrogen-bond acceptors (Lipinski definition) is 6. The smallest absolute Gasteiger partial charge is 0.310 e. The lowest BCUT2D eigenvalue weighted by Gasteiger charge is -2.07. The molecule has 192 valence electrons. The van der Waals surface area contributed by atoms with Crippen molar-refractivity contribution in [1.29, 1.82) is 0 Å². The average molecular weight is 493 g/mol. The van der Waals surface area contributed by atoms with Crippen LogP contribution in [0, 0.1) is 13.8 Å². The second-order valence-corrected chi connectivity index (χ2v) is 8.43. The standard InChI is InChI=1S/C16H18N2O3.C12H18N2O/c1-3-21-16(20)10-13-5-4-6-14(9-13)11-18-15(19)8-7-12(2)17-18;1-10-4-2-5-11(8-10)9-12(15)14-7-3-6-13/h4-9H,3,10-11H2,1-2H3;2,4-5,8H,3,6-7,9,13H2,1H3,(H,14,15). The molecule has 8 heteroatoms. The summed E-state index contributed by atoms with van der Waals surface area (Å²) in [6.45, 7) is 7.69. The van der Waals surface area contributed by atoms with Gasteiger partial charge in [-0.25, -0.2) is 4.68 Å². The van der Waals surface area contributed by atoms with Crippen LogP contribution in [0.5, 0.6) is 0 Å². The van der Waals surface area contributed by atoms with Gasteiger partial charge >= 0.3 is 5.97 Å². The van der Waals surface area contributed by atoms with Crippen molar-refractivity contribution >= 4 is 11.9 Å². The number of carbonyl (C=O) groups is 2. The third-order valence-corrected chi connectivity index (χ3v) is 5.13. The van der Waals surface area contributed by atoms with Crippen LogP contribution in [-0.2, 0) is 33.7 Å². The van der Waals surface area contributed by atoms with Crippen molar-refractivity contribution in [1.82, 2.24) is 15.1 Å². The fraction of sp³-hybridized carbons (Fsp3) is 0.357. The van der Waals surface area contributed by atoms with Crippen LogP contribution in [0.3, 0.4) is 0 Å². The number of nitrogens with one attached hydrogen (secondary N) is 1. The fourth-order valence-corrected chi connectivity index (χ4v) is 3.45. The molecule has 0 aliphatic carbocycles. The zero-order valence-electron chi connectivity index (χ0n) is 21.3. The quantitative estimate of drug-likeness (QED) is 0.332. The number of ether oxygens (including phenoxy) is 1. The molecule has 0 bridgehead atoms. The number of nitrogens with zero attached hydrogens (tertiary/aromatic N) is 2. The number of amides is 1. The molecule has 0 radical (unpaired) electrons. The summed E-state index contributed by atoms with van der Waals surface area (Å²) in [6, 6.07) is 18.7. The number of nitrogens with two attached hydrogens (primary N) is 1. The second kappa shape index (κ2) is 15.3. The molecule has 2 aromatic carbocycles. The van der Waals surface area contributed by atoms with Crippen molar-refractivity contribution in [3.8, 4) is 0 Å². The molecule has 3 aromatic rings. The van der Waals surface area contributed by atoms with E-state index in [2.05, 4.69) is 10.4 Å². The molecular formula is C28H36N4O4. The Morgan fingerprint density at radius 3 is 2.36 bits per heavy atom. The molecule has 1 heterocycles. The fourth-order valence-electron chi connectivity index (χ4n) is 3.45. The summed E-state index contributed by atoms with van der Waals surface area (Å²) < 4.78 is 6.35. The normalized spacial score (nSPS) is 10.2. The molecule has 8 nitrogen and oxygen atoms in total. The highest BCUT2D eigenvalue weighted by Crippen LogP contribution is 2.08. The van der Waals surface area contributed by atoms with Crippen LogP contribution >= 0.6 is 0 Å². The minimum absolute atomic E-state index is 0.0639. The molecule has 0 saturated carbocycles.